The van der Waals surface area contributed by atoms with Gasteiger partial charge in [-0.05, 0) is 45.2 Å². The van der Waals surface area contributed by atoms with E-state index in [0.29, 0.717) is 6.42 Å². The van der Waals surface area contributed by atoms with Crippen molar-refractivity contribution in [3.63, 3.8) is 0 Å². The lowest BCUT2D eigenvalue weighted by molar-refractivity contribution is -0.384. The number of nitrogens with zero attached hydrogens (tertiary/aromatic N) is 1. The van der Waals surface area contributed by atoms with E-state index in [1.165, 1.54) is 12.1 Å². The van der Waals surface area contributed by atoms with Crippen molar-refractivity contribution < 1.29 is 19.2 Å². The Bertz CT molecular complexity index is 667. The lowest BCUT2D eigenvalue weighted by atomic mass is 10.0. The first-order valence-electron chi connectivity index (χ1n) is 7.88. The second kappa shape index (κ2) is 8.29. The fourth-order valence-electron chi connectivity index (χ4n) is 2.09. The minimum Gasteiger partial charge on any atom is -0.458 e. The molecule has 0 aliphatic heterocycles. The van der Waals surface area contributed by atoms with Crippen molar-refractivity contribution in [3.8, 4) is 0 Å². The number of amides is 1. The van der Waals surface area contributed by atoms with Gasteiger partial charge in [-0.1, -0.05) is 25.4 Å². The van der Waals surface area contributed by atoms with Gasteiger partial charge in [0.15, 0.2) is 0 Å². The summed E-state index contributed by atoms with van der Waals surface area (Å²) in [5.74, 6) is -1.01. The van der Waals surface area contributed by atoms with Crippen molar-refractivity contribution >= 4 is 29.2 Å². The van der Waals surface area contributed by atoms with E-state index in [0.717, 1.165) is 6.07 Å². The average molecular weight is 371 g/mol. The van der Waals surface area contributed by atoms with Crippen LogP contribution in [0.4, 0.5) is 5.69 Å². The molecule has 1 atom stereocenters. The Morgan fingerprint density at radius 2 is 1.92 bits per heavy atom. The number of hydrogen-bond donors (Lipinski definition) is 1. The molecule has 0 unspecified atom stereocenters. The Labute approximate surface area is 151 Å². The van der Waals surface area contributed by atoms with Crippen molar-refractivity contribution in [2.45, 2.75) is 52.7 Å². The van der Waals surface area contributed by atoms with Crippen LogP contribution in [0.15, 0.2) is 18.2 Å². The molecule has 7 nitrogen and oxygen atoms in total. The Balaban J connectivity index is 3.00. The maximum Gasteiger partial charge on any atom is 0.329 e. The molecule has 0 aliphatic carbocycles. The molecule has 0 saturated carbocycles. The monoisotopic (exact) mass is 370 g/mol. The van der Waals surface area contributed by atoms with Crippen LogP contribution in [0.5, 0.6) is 0 Å². The standard InChI is InChI=1S/C17H23ClN2O5/c1-10(2)8-13(16(22)25-17(3,4)5)19-15(21)11-6-7-12(18)14(9-11)20(23)24/h6-7,9-10,13H,8H2,1-5H3,(H,19,21)/t13-/m0/s1. The summed E-state index contributed by atoms with van der Waals surface area (Å²) in [6.07, 6.45) is 0.385. The normalized spacial score (nSPS) is 12.6. The SMILES string of the molecule is CC(C)C[C@H](NC(=O)c1ccc(Cl)c([N+](=O)[O-])c1)C(=O)OC(C)(C)C. The van der Waals surface area contributed by atoms with Crippen LogP contribution in [0.3, 0.4) is 0 Å². The molecule has 0 saturated heterocycles. The number of nitro benzene ring substituents is 1. The first kappa shape index (κ1) is 20.9. The van der Waals surface area contributed by atoms with Crippen LogP contribution in [0.25, 0.3) is 0 Å². The van der Waals surface area contributed by atoms with E-state index in [4.69, 9.17) is 16.3 Å². The maximum atomic E-state index is 12.4. The highest BCUT2D eigenvalue weighted by Gasteiger charge is 2.28. The van der Waals surface area contributed by atoms with Crippen LogP contribution in [0.1, 0.15) is 51.4 Å². The second-order valence-corrected chi connectivity index (χ2v) is 7.52. The fourth-order valence-corrected chi connectivity index (χ4v) is 2.28. The van der Waals surface area contributed by atoms with Crippen molar-refractivity contribution in [3.05, 3.63) is 38.9 Å². The summed E-state index contributed by atoms with van der Waals surface area (Å²) in [5.41, 5.74) is -1.00. The minimum atomic E-state index is -0.846. The summed E-state index contributed by atoms with van der Waals surface area (Å²) in [7, 11) is 0. The van der Waals surface area contributed by atoms with Crippen LogP contribution >= 0.6 is 11.6 Å². The second-order valence-electron chi connectivity index (χ2n) is 7.11. The van der Waals surface area contributed by atoms with Gasteiger partial charge in [-0.3, -0.25) is 14.9 Å². The lowest BCUT2D eigenvalue weighted by Crippen LogP contribution is -2.44. The summed E-state index contributed by atoms with van der Waals surface area (Å²) >= 11 is 5.75. The number of nitro groups is 1. The number of esters is 1. The van der Waals surface area contributed by atoms with E-state index >= 15 is 0 Å². The summed E-state index contributed by atoms with van der Waals surface area (Å²) in [5, 5.41) is 13.5. The first-order chi connectivity index (χ1) is 11.4. The van der Waals surface area contributed by atoms with Gasteiger partial charge >= 0.3 is 5.97 Å². The Morgan fingerprint density at radius 1 is 1.32 bits per heavy atom. The molecule has 1 amide bonds. The van der Waals surface area contributed by atoms with Crippen LogP contribution in [0.2, 0.25) is 5.02 Å². The summed E-state index contributed by atoms with van der Waals surface area (Å²) < 4.78 is 5.34. The molecule has 0 spiro atoms. The van der Waals surface area contributed by atoms with E-state index in [2.05, 4.69) is 5.32 Å². The molecule has 8 heteroatoms. The number of carbonyl (C=O) groups is 2. The zero-order chi connectivity index (χ0) is 19.4. The van der Waals surface area contributed by atoms with E-state index in [1.807, 2.05) is 13.8 Å². The highest BCUT2D eigenvalue weighted by atomic mass is 35.5. The Kier molecular flexibility index (Phi) is 6.93. The van der Waals surface area contributed by atoms with Gasteiger partial charge in [0.2, 0.25) is 0 Å². The van der Waals surface area contributed by atoms with E-state index in [1.54, 1.807) is 20.8 Å². The molecule has 0 fully saturated rings. The summed E-state index contributed by atoms with van der Waals surface area (Å²) in [6.45, 7) is 9.04. The number of nitrogens with one attached hydrogen (secondary N) is 1. The van der Waals surface area contributed by atoms with Gasteiger partial charge in [0, 0.05) is 11.6 Å². The molecule has 0 aromatic heterocycles. The van der Waals surface area contributed by atoms with Crippen molar-refractivity contribution in [2.24, 2.45) is 5.92 Å². The molecular formula is C17H23ClN2O5. The number of halogens is 1. The van der Waals surface area contributed by atoms with Gasteiger partial charge < -0.3 is 10.1 Å². The highest BCUT2D eigenvalue weighted by molar-refractivity contribution is 6.32. The number of carbonyl (C=O) groups excluding carboxylic acids is 2. The number of rotatable bonds is 6. The lowest BCUT2D eigenvalue weighted by Gasteiger charge is -2.25. The van der Waals surface area contributed by atoms with Gasteiger partial charge in [0.1, 0.15) is 16.7 Å². The molecule has 0 aliphatic rings. The third-order valence-corrected chi connectivity index (χ3v) is 3.43. The first-order valence-corrected chi connectivity index (χ1v) is 8.26. The molecule has 0 bridgehead atoms. The number of hydrogen-bond acceptors (Lipinski definition) is 5. The predicted octanol–water partition coefficient (Wildman–Crippen LogP) is 3.73. The average Bonchev–Trinajstić information content (AvgIpc) is 2.44. The third kappa shape index (κ3) is 6.70. The largest absolute Gasteiger partial charge is 0.458 e. The highest BCUT2D eigenvalue weighted by Crippen LogP contribution is 2.25. The van der Waals surface area contributed by atoms with Crippen LogP contribution < -0.4 is 5.32 Å². The minimum absolute atomic E-state index is 0.0495. The van der Waals surface area contributed by atoms with Gasteiger partial charge in [0.05, 0.1) is 4.92 Å². The zero-order valence-corrected chi connectivity index (χ0v) is 15.7. The van der Waals surface area contributed by atoms with Gasteiger partial charge in [-0.15, -0.1) is 0 Å². The molecule has 1 aromatic carbocycles. The van der Waals surface area contributed by atoms with Gasteiger partial charge in [-0.25, -0.2) is 4.79 Å². The zero-order valence-electron chi connectivity index (χ0n) is 15.0. The molecular weight excluding hydrogens is 348 g/mol. The van der Waals surface area contributed by atoms with E-state index < -0.39 is 28.4 Å². The van der Waals surface area contributed by atoms with Crippen LogP contribution in [0, 0.1) is 16.0 Å². The van der Waals surface area contributed by atoms with Crippen molar-refractivity contribution in [1.29, 1.82) is 0 Å². The van der Waals surface area contributed by atoms with Crippen LogP contribution in [-0.2, 0) is 9.53 Å². The number of benzene rings is 1. The van der Waals surface area contributed by atoms with Crippen molar-refractivity contribution in [1.82, 2.24) is 5.32 Å². The molecule has 0 heterocycles. The molecule has 1 N–H and O–H groups in total. The van der Waals surface area contributed by atoms with Crippen molar-refractivity contribution in [2.75, 3.05) is 0 Å². The quantitative estimate of drug-likeness (QED) is 0.467. The Morgan fingerprint density at radius 3 is 2.40 bits per heavy atom. The van der Waals surface area contributed by atoms with E-state index in [9.17, 15) is 19.7 Å². The maximum absolute atomic E-state index is 12.4. The van der Waals surface area contributed by atoms with Crippen LogP contribution in [-0.4, -0.2) is 28.4 Å². The summed E-state index contributed by atoms with van der Waals surface area (Å²) in [4.78, 5) is 35.0. The van der Waals surface area contributed by atoms with Gasteiger partial charge in [0.25, 0.3) is 11.6 Å². The topological polar surface area (TPSA) is 98.5 Å². The Hall–Kier alpha value is -2.15. The summed E-state index contributed by atoms with van der Waals surface area (Å²) in [6, 6.07) is 2.88. The molecule has 1 rings (SSSR count). The third-order valence-electron chi connectivity index (χ3n) is 3.11. The van der Waals surface area contributed by atoms with E-state index in [-0.39, 0.29) is 22.2 Å². The smallest absolute Gasteiger partial charge is 0.329 e. The molecule has 0 radical (unpaired) electrons. The molecule has 25 heavy (non-hydrogen) atoms. The predicted molar refractivity (Wildman–Crippen MR) is 94.7 cm³/mol. The molecule has 138 valence electrons. The van der Waals surface area contributed by atoms with Gasteiger partial charge in [-0.2, -0.15) is 0 Å². The number of ether oxygens (including phenoxy) is 1. The molecule has 1 aromatic rings. The fraction of sp³-hybridized carbons (Fsp3) is 0.529.